The number of thiazole rings is 1. The van der Waals surface area contributed by atoms with E-state index in [-0.39, 0.29) is 5.75 Å². The number of ether oxygens (including phenoxy) is 1. The van der Waals surface area contributed by atoms with Crippen LogP contribution in [0.3, 0.4) is 0 Å². The molecule has 0 amide bonds. The van der Waals surface area contributed by atoms with E-state index in [0.29, 0.717) is 25.4 Å². The highest BCUT2D eigenvalue weighted by molar-refractivity contribution is 7.90. The van der Waals surface area contributed by atoms with Crippen molar-refractivity contribution in [1.82, 2.24) is 14.7 Å². The Balaban J connectivity index is 1.92. The minimum Gasteiger partial charge on any atom is -0.480 e. The van der Waals surface area contributed by atoms with E-state index in [2.05, 4.69) is 10.3 Å². The first kappa shape index (κ1) is 14.3. The van der Waals surface area contributed by atoms with Crippen LogP contribution in [0.5, 0.6) is 5.88 Å². The molecule has 0 saturated carbocycles. The van der Waals surface area contributed by atoms with Gasteiger partial charge in [-0.2, -0.15) is 4.98 Å². The van der Waals surface area contributed by atoms with E-state index in [1.165, 1.54) is 6.26 Å². The predicted octanol–water partition coefficient (Wildman–Crippen LogP) is 0.929. The van der Waals surface area contributed by atoms with Crippen LogP contribution in [0.4, 0.5) is 0 Å². The van der Waals surface area contributed by atoms with Crippen LogP contribution >= 0.6 is 11.3 Å². The molecular weight excluding hydrogens is 286 g/mol. The third-order valence-electron chi connectivity index (χ3n) is 2.68. The van der Waals surface area contributed by atoms with Crippen LogP contribution in [0.25, 0.3) is 4.96 Å². The third-order valence-corrected chi connectivity index (χ3v) is 4.47. The summed E-state index contributed by atoms with van der Waals surface area (Å²) in [7, 11) is -1.28. The van der Waals surface area contributed by atoms with Gasteiger partial charge in [-0.15, -0.1) is 11.3 Å². The number of nitrogens with zero attached hydrogens (tertiary/aromatic N) is 2. The molecule has 0 aromatic carbocycles. The van der Waals surface area contributed by atoms with Crippen molar-refractivity contribution in [3.63, 3.8) is 0 Å². The number of hydrogen-bond acceptors (Lipinski definition) is 6. The molecule has 0 aliphatic carbocycles. The average Bonchev–Trinajstić information content (AvgIpc) is 2.88. The lowest BCUT2D eigenvalue weighted by molar-refractivity contribution is 0.393. The molecule has 106 valence electrons. The minimum absolute atomic E-state index is 0.206. The summed E-state index contributed by atoms with van der Waals surface area (Å²) < 4.78 is 29.2. The molecule has 6 nitrogen and oxygen atoms in total. The summed E-state index contributed by atoms with van der Waals surface area (Å²) in [6, 6.07) is 0. The molecule has 2 aromatic rings. The van der Waals surface area contributed by atoms with Gasteiger partial charge in [0.2, 0.25) is 5.88 Å². The Kier molecular flexibility index (Phi) is 4.43. The molecule has 0 aliphatic rings. The fourth-order valence-electron chi connectivity index (χ4n) is 1.80. The van der Waals surface area contributed by atoms with Crippen molar-refractivity contribution in [1.29, 1.82) is 0 Å². The van der Waals surface area contributed by atoms with Gasteiger partial charge in [-0.25, -0.2) is 8.42 Å². The second-order valence-electron chi connectivity index (χ2n) is 4.28. The zero-order valence-corrected chi connectivity index (χ0v) is 12.6. The quantitative estimate of drug-likeness (QED) is 0.770. The lowest BCUT2D eigenvalue weighted by Crippen LogP contribution is -2.19. The first-order chi connectivity index (χ1) is 9.01. The van der Waals surface area contributed by atoms with Crippen LogP contribution in [-0.2, 0) is 16.4 Å². The summed E-state index contributed by atoms with van der Waals surface area (Å²) in [6.45, 7) is 1.25. The van der Waals surface area contributed by atoms with Gasteiger partial charge < -0.3 is 10.1 Å². The second-order valence-corrected chi connectivity index (χ2v) is 7.42. The van der Waals surface area contributed by atoms with Crippen molar-refractivity contribution < 1.29 is 13.2 Å². The van der Waals surface area contributed by atoms with Gasteiger partial charge in [0, 0.05) is 24.4 Å². The molecule has 0 atom stereocenters. The summed E-state index contributed by atoms with van der Waals surface area (Å²) in [5.74, 6) is 0.819. The molecule has 0 saturated heterocycles. The molecule has 0 radical (unpaired) electrons. The van der Waals surface area contributed by atoms with Gasteiger partial charge in [-0.05, 0) is 13.0 Å². The Morgan fingerprint density at radius 3 is 3.00 bits per heavy atom. The van der Waals surface area contributed by atoms with Crippen LogP contribution in [-0.4, -0.2) is 43.5 Å². The van der Waals surface area contributed by atoms with Gasteiger partial charge in [0.05, 0.1) is 12.9 Å². The highest BCUT2D eigenvalue weighted by Gasteiger charge is 2.12. The van der Waals surface area contributed by atoms with Gasteiger partial charge in [-0.1, -0.05) is 0 Å². The van der Waals surface area contributed by atoms with Gasteiger partial charge in [0.25, 0.3) is 0 Å². The van der Waals surface area contributed by atoms with E-state index in [1.54, 1.807) is 18.4 Å². The molecule has 0 spiro atoms. The highest BCUT2D eigenvalue weighted by Crippen LogP contribution is 2.22. The Morgan fingerprint density at radius 1 is 1.53 bits per heavy atom. The van der Waals surface area contributed by atoms with Gasteiger partial charge in [-0.3, -0.25) is 4.40 Å². The largest absolute Gasteiger partial charge is 0.480 e. The van der Waals surface area contributed by atoms with Gasteiger partial charge >= 0.3 is 0 Å². The number of sulfone groups is 1. The summed E-state index contributed by atoms with van der Waals surface area (Å²) in [5, 5.41) is 5.18. The first-order valence-corrected chi connectivity index (χ1v) is 8.82. The van der Waals surface area contributed by atoms with Crippen molar-refractivity contribution in [2.45, 2.75) is 13.0 Å². The number of methoxy groups -OCH3 is 1. The van der Waals surface area contributed by atoms with E-state index in [9.17, 15) is 8.42 Å². The number of hydrogen-bond donors (Lipinski definition) is 1. The SMILES string of the molecule is COc1nc2sccn2c1CNCCCS(C)(=O)=O. The zero-order valence-electron chi connectivity index (χ0n) is 10.9. The van der Waals surface area contributed by atoms with Crippen molar-refractivity contribution >= 4 is 26.1 Å². The minimum atomic E-state index is -2.88. The summed E-state index contributed by atoms with van der Waals surface area (Å²) in [5.41, 5.74) is 0.957. The van der Waals surface area contributed by atoms with E-state index in [0.717, 1.165) is 10.7 Å². The second kappa shape index (κ2) is 5.89. The van der Waals surface area contributed by atoms with E-state index < -0.39 is 9.84 Å². The molecule has 2 aromatic heterocycles. The first-order valence-electron chi connectivity index (χ1n) is 5.88. The number of aromatic nitrogens is 2. The molecule has 19 heavy (non-hydrogen) atoms. The molecule has 1 N–H and O–H groups in total. The molecule has 0 bridgehead atoms. The zero-order chi connectivity index (χ0) is 13.9. The molecule has 8 heteroatoms. The maximum atomic E-state index is 11.0. The normalized spacial score (nSPS) is 12.1. The molecule has 0 fully saturated rings. The standard InChI is InChI=1S/C11H17N3O3S2/c1-17-10-9(14-5-6-18-11(14)13-10)8-12-4-3-7-19(2,15)16/h5-6,12H,3-4,7-8H2,1-2H3. The van der Waals surface area contributed by atoms with E-state index in [1.807, 2.05) is 16.0 Å². The van der Waals surface area contributed by atoms with Crippen molar-refractivity contribution in [3.8, 4) is 5.88 Å². The number of fused-ring (bicyclic) bond motifs is 1. The maximum absolute atomic E-state index is 11.0. The Hall–Kier alpha value is -1.12. The van der Waals surface area contributed by atoms with E-state index in [4.69, 9.17) is 4.74 Å². The van der Waals surface area contributed by atoms with Crippen molar-refractivity contribution in [2.24, 2.45) is 0 Å². The number of nitrogens with one attached hydrogen (secondary N) is 1. The summed E-state index contributed by atoms with van der Waals surface area (Å²) in [6.07, 6.45) is 3.80. The highest BCUT2D eigenvalue weighted by atomic mass is 32.2. The predicted molar refractivity (Wildman–Crippen MR) is 75.7 cm³/mol. The fraction of sp³-hybridized carbons (Fsp3) is 0.545. The lowest BCUT2D eigenvalue weighted by Gasteiger charge is -2.05. The average molecular weight is 303 g/mol. The van der Waals surface area contributed by atoms with Crippen LogP contribution in [0.1, 0.15) is 12.1 Å². The monoisotopic (exact) mass is 303 g/mol. The topological polar surface area (TPSA) is 72.7 Å². The van der Waals surface area contributed by atoms with Gasteiger partial charge in [0.1, 0.15) is 15.5 Å². The van der Waals surface area contributed by atoms with Crippen LogP contribution in [0, 0.1) is 0 Å². The summed E-state index contributed by atoms with van der Waals surface area (Å²) >= 11 is 1.55. The van der Waals surface area contributed by atoms with E-state index >= 15 is 0 Å². The molecule has 0 unspecified atom stereocenters. The maximum Gasteiger partial charge on any atom is 0.237 e. The Labute approximate surface area is 116 Å². The number of imidazole rings is 1. The molecule has 2 rings (SSSR count). The van der Waals surface area contributed by atoms with Crippen molar-refractivity contribution in [2.75, 3.05) is 25.7 Å². The molecular formula is C11H17N3O3S2. The number of rotatable bonds is 7. The Bertz CT molecular complexity index is 645. The van der Waals surface area contributed by atoms with Crippen molar-refractivity contribution in [3.05, 3.63) is 17.3 Å². The fourth-order valence-corrected chi connectivity index (χ4v) is 3.20. The van der Waals surface area contributed by atoms with Gasteiger partial charge in [0.15, 0.2) is 4.96 Å². The van der Waals surface area contributed by atoms with Crippen LogP contribution in [0.2, 0.25) is 0 Å². The lowest BCUT2D eigenvalue weighted by atomic mass is 10.4. The third kappa shape index (κ3) is 3.68. The summed E-state index contributed by atoms with van der Waals surface area (Å²) in [4.78, 5) is 5.25. The van der Waals surface area contributed by atoms with Crippen LogP contribution in [0.15, 0.2) is 11.6 Å². The van der Waals surface area contributed by atoms with Crippen LogP contribution < -0.4 is 10.1 Å². The molecule has 2 heterocycles. The smallest absolute Gasteiger partial charge is 0.237 e. The molecule has 0 aliphatic heterocycles. The Morgan fingerprint density at radius 2 is 2.32 bits per heavy atom.